The monoisotopic (exact) mass is 549 g/mol. The van der Waals surface area contributed by atoms with E-state index in [0.717, 1.165) is 15.4 Å². The summed E-state index contributed by atoms with van der Waals surface area (Å²) in [5, 5.41) is 4.73. The summed E-state index contributed by atoms with van der Waals surface area (Å²) in [5.74, 6) is -0.0327. The Balaban J connectivity index is 1.94. The maximum Gasteiger partial charge on any atom is 0.264 e. The number of hydrogen-bond acceptors (Lipinski definition) is 6. The Morgan fingerprint density at radius 1 is 0.972 bits per heavy atom. The van der Waals surface area contributed by atoms with E-state index in [-0.39, 0.29) is 10.6 Å². The van der Waals surface area contributed by atoms with Crippen molar-refractivity contribution in [3.8, 4) is 11.5 Å². The third kappa shape index (κ3) is 6.48. The predicted octanol–water partition coefficient (Wildman–Crippen LogP) is 4.97. The molecule has 0 bridgehead atoms. The average molecular weight is 550 g/mol. The number of methoxy groups -OCH3 is 2. The lowest BCUT2D eigenvalue weighted by Crippen LogP contribution is -2.39. The van der Waals surface area contributed by atoms with Crippen molar-refractivity contribution in [3.63, 3.8) is 0 Å². The van der Waals surface area contributed by atoms with Crippen LogP contribution in [0.5, 0.6) is 11.5 Å². The minimum Gasteiger partial charge on any atom is -0.493 e. The smallest absolute Gasteiger partial charge is 0.264 e. The summed E-state index contributed by atoms with van der Waals surface area (Å²) in [6.07, 6.45) is 1.35. The normalized spacial score (nSPS) is 11.4. The van der Waals surface area contributed by atoms with Gasteiger partial charge in [0, 0.05) is 16.7 Å². The van der Waals surface area contributed by atoms with Gasteiger partial charge in [0.25, 0.3) is 15.9 Å². The molecule has 0 aromatic heterocycles. The van der Waals surface area contributed by atoms with Crippen molar-refractivity contribution in [1.82, 2.24) is 5.43 Å². The first-order valence-electron chi connectivity index (χ1n) is 10.6. The van der Waals surface area contributed by atoms with Gasteiger partial charge in [-0.05, 0) is 61.4 Å². The van der Waals surface area contributed by atoms with Crippen LogP contribution in [0.25, 0.3) is 0 Å². The number of ether oxygens (including phenoxy) is 2. The van der Waals surface area contributed by atoms with Crippen molar-refractivity contribution in [2.24, 2.45) is 5.10 Å². The van der Waals surface area contributed by atoms with E-state index in [9.17, 15) is 13.2 Å². The van der Waals surface area contributed by atoms with Crippen LogP contribution in [-0.4, -0.2) is 41.3 Å². The number of anilines is 1. The summed E-state index contributed by atoms with van der Waals surface area (Å²) >= 11 is 12.0. The van der Waals surface area contributed by atoms with E-state index < -0.39 is 22.5 Å². The van der Waals surface area contributed by atoms with Crippen LogP contribution in [0.3, 0.4) is 0 Å². The first-order chi connectivity index (χ1) is 17.0. The molecular weight excluding hydrogens is 525 g/mol. The van der Waals surface area contributed by atoms with Crippen LogP contribution in [0, 0.1) is 13.8 Å². The second kappa shape index (κ2) is 11.6. The highest BCUT2D eigenvalue weighted by Gasteiger charge is 2.28. The van der Waals surface area contributed by atoms with Gasteiger partial charge in [0.1, 0.15) is 6.54 Å². The van der Waals surface area contributed by atoms with Crippen molar-refractivity contribution in [2.45, 2.75) is 18.7 Å². The fraction of sp³-hybridized carbons (Fsp3) is 0.200. The maximum atomic E-state index is 13.7. The summed E-state index contributed by atoms with van der Waals surface area (Å²) in [7, 11) is -1.31. The number of sulfonamides is 1. The third-order valence-electron chi connectivity index (χ3n) is 5.08. The lowest BCUT2D eigenvalue weighted by atomic mass is 10.1. The van der Waals surface area contributed by atoms with Crippen molar-refractivity contribution >= 4 is 51.0 Å². The topological polar surface area (TPSA) is 97.3 Å². The summed E-state index contributed by atoms with van der Waals surface area (Å²) in [6, 6.07) is 14.3. The van der Waals surface area contributed by atoms with Crippen LogP contribution in [0.15, 0.2) is 64.6 Å². The molecule has 1 N–H and O–H groups in total. The molecule has 0 saturated carbocycles. The zero-order valence-corrected chi connectivity index (χ0v) is 22.4. The molecule has 1 amide bonds. The van der Waals surface area contributed by atoms with Crippen LogP contribution in [-0.2, 0) is 14.8 Å². The number of carbonyl (C=O) groups excluding carboxylic acids is 1. The van der Waals surface area contributed by atoms with E-state index in [1.165, 1.54) is 38.6 Å². The van der Waals surface area contributed by atoms with Crippen LogP contribution in [0.2, 0.25) is 10.0 Å². The van der Waals surface area contributed by atoms with Gasteiger partial charge in [-0.15, -0.1) is 0 Å². The van der Waals surface area contributed by atoms with Gasteiger partial charge in [-0.2, -0.15) is 5.10 Å². The first-order valence-corrected chi connectivity index (χ1v) is 12.8. The Bertz CT molecular complexity index is 1390. The summed E-state index contributed by atoms with van der Waals surface area (Å²) < 4.78 is 38.9. The molecule has 36 heavy (non-hydrogen) atoms. The number of nitrogens with zero attached hydrogens (tertiary/aromatic N) is 2. The highest BCUT2D eigenvalue weighted by molar-refractivity contribution is 7.92. The summed E-state index contributed by atoms with van der Waals surface area (Å²) in [5.41, 5.74) is 4.91. The van der Waals surface area contributed by atoms with E-state index in [4.69, 9.17) is 32.7 Å². The number of benzene rings is 3. The van der Waals surface area contributed by atoms with Crippen molar-refractivity contribution in [3.05, 3.63) is 81.3 Å². The fourth-order valence-electron chi connectivity index (χ4n) is 3.46. The number of hydrogen-bond donors (Lipinski definition) is 1. The van der Waals surface area contributed by atoms with E-state index in [1.54, 1.807) is 30.3 Å². The van der Waals surface area contributed by atoms with Crippen LogP contribution in [0.1, 0.15) is 16.7 Å². The maximum absolute atomic E-state index is 13.7. The first kappa shape index (κ1) is 27.3. The second-order valence-corrected chi connectivity index (χ2v) is 10.5. The van der Waals surface area contributed by atoms with Gasteiger partial charge in [0.05, 0.1) is 36.0 Å². The van der Waals surface area contributed by atoms with Gasteiger partial charge < -0.3 is 9.47 Å². The highest BCUT2D eigenvalue weighted by atomic mass is 35.5. The number of amides is 1. The Kier molecular flexibility index (Phi) is 8.84. The molecular formula is C25H25Cl2N3O5S. The van der Waals surface area contributed by atoms with Crippen molar-refractivity contribution < 1.29 is 22.7 Å². The quantitative estimate of drug-likeness (QED) is 0.300. The number of nitrogens with one attached hydrogen (secondary N) is 1. The zero-order chi connectivity index (χ0) is 26.5. The number of halogens is 2. The molecule has 0 unspecified atom stereocenters. The lowest BCUT2D eigenvalue weighted by Gasteiger charge is -2.25. The van der Waals surface area contributed by atoms with Gasteiger partial charge in [0.15, 0.2) is 11.5 Å². The summed E-state index contributed by atoms with van der Waals surface area (Å²) in [4.78, 5) is 12.7. The Morgan fingerprint density at radius 2 is 1.64 bits per heavy atom. The molecule has 8 nitrogen and oxygen atoms in total. The fourth-order valence-corrected chi connectivity index (χ4v) is 5.34. The largest absolute Gasteiger partial charge is 0.493 e. The minimum atomic E-state index is -4.18. The van der Waals surface area contributed by atoms with E-state index in [1.807, 2.05) is 19.9 Å². The highest BCUT2D eigenvalue weighted by Crippen LogP contribution is 2.32. The van der Waals surface area contributed by atoms with Crippen LogP contribution in [0.4, 0.5) is 5.69 Å². The molecule has 190 valence electrons. The predicted molar refractivity (Wildman–Crippen MR) is 142 cm³/mol. The summed E-state index contributed by atoms with van der Waals surface area (Å²) in [6.45, 7) is 3.17. The van der Waals surface area contributed by atoms with Gasteiger partial charge in [0.2, 0.25) is 0 Å². The number of rotatable bonds is 9. The van der Waals surface area contributed by atoms with Crippen molar-refractivity contribution in [1.29, 1.82) is 0 Å². The number of carbonyl (C=O) groups is 1. The standard InChI is InChI=1S/C25H25Cl2N3O5S/c1-16-9-17(2)11-20(10-16)30(36(32,33)21-7-8-23(34-3)24(13-21)35-4)15-25(31)29-28-14-18-5-6-19(26)12-22(18)27/h5-14H,15H2,1-4H3,(H,29,31)/b28-14-. The van der Waals surface area contributed by atoms with E-state index in [0.29, 0.717) is 27.0 Å². The molecule has 0 fully saturated rings. The molecule has 3 aromatic carbocycles. The molecule has 0 aliphatic heterocycles. The molecule has 0 aliphatic carbocycles. The molecule has 0 aliphatic rings. The molecule has 0 spiro atoms. The molecule has 0 atom stereocenters. The lowest BCUT2D eigenvalue weighted by molar-refractivity contribution is -0.119. The molecule has 0 heterocycles. The number of aryl methyl sites for hydroxylation is 2. The van der Waals surface area contributed by atoms with E-state index >= 15 is 0 Å². The van der Waals surface area contributed by atoms with Gasteiger partial charge in [-0.1, -0.05) is 35.3 Å². The van der Waals surface area contributed by atoms with Crippen molar-refractivity contribution in [2.75, 3.05) is 25.1 Å². The SMILES string of the molecule is COc1ccc(S(=O)(=O)N(CC(=O)N/N=C\c2ccc(Cl)cc2Cl)c2cc(C)cc(C)c2)cc1OC. The Morgan fingerprint density at radius 3 is 2.25 bits per heavy atom. The molecule has 0 radical (unpaired) electrons. The molecule has 3 aromatic rings. The minimum absolute atomic E-state index is 0.0662. The molecule has 11 heteroatoms. The second-order valence-electron chi connectivity index (χ2n) is 7.83. The van der Waals surface area contributed by atoms with E-state index in [2.05, 4.69) is 10.5 Å². The van der Waals surface area contributed by atoms with Gasteiger partial charge in [-0.3, -0.25) is 9.10 Å². The number of hydrazone groups is 1. The average Bonchev–Trinajstić information content (AvgIpc) is 2.82. The Hall–Kier alpha value is -3.27. The Labute approximate surface area is 220 Å². The zero-order valence-electron chi connectivity index (χ0n) is 20.1. The van der Waals surface area contributed by atoms with Crippen LogP contribution < -0.4 is 19.2 Å². The molecule has 0 saturated heterocycles. The van der Waals surface area contributed by atoms with Gasteiger partial charge >= 0.3 is 0 Å². The van der Waals surface area contributed by atoms with Gasteiger partial charge in [-0.25, -0.2) is 13.8 Å². The molecule has 3 rings (SSSR count). The van der Waals surface area contributed by atoms with Crippen LogP contribution >= 0.6 is 23.2 Å². The third-order valence-corrected chi connectivity index (χ3v) is 7.41.